The molecule has 1 heterocycles. The Hall–Kier alpha value is -3.67. The summed E-state index contributed by atoms with van der Waals surface area (Å²) in [5, 5.41) is 3.55. The summed E-state index contributed by atoms with van der Waals surface area (Å²) in [4.78, 5) is 21.2. The third kappa shape index (κ3) is 5.77. The Labute approximate surface area is 194 Å². The summed E-state index contributed by atoms with van der Waals surface area (Å²) in [7, 11) is 0. The predicted octanol–water partition coefficient (Wildman–Crippen LogP) is 6.02. The van der Waals surface area contributed by atoms with Crippen molar-refractivity contribution in [1.29, 1.82) is 0 Å². The molecule has 1 aliphatic carbocycles. The average molecular weight is 443 g/mol. The van der Waals surface area contributed by atoms with Crippen molar-refractivity contribution in [3.8, 4) is 22.6 Å². The molecule has 0 bridgehead atoms. The molecule has 4 rings (SSSR count). The van der Waals surface area contributed by atoms with Crippen LogP contribution in [0.25, 0.3) is 11.1 Å². The molecule has 0 saturated heterocycles. The first kappa shape index (κ1) is 22.5. The number of carbonyl (C=O) groups excluding carboxylic acids is 1. The van der Waals surface area contributed by atoms with E-state index in [0.29, 0.717) is 11.6 Å². The molecule has 1 fully saturated rings. The Morgan fingerprint density at radius 2 is 1.85 bits per heavy atom. The number of aromatic nitrogens is 2. The van der Waals surface area contributed by atoms with Crippen LogP contribution in [-0.2, 0) is 4.79 Å². The molecular weight excluding hydrogens is 412 g/mol. The largest absolute Gasteiger partial charge is 0.457 e. The van der Waals surface area contributed by atoms with Crippen LogP contribution in [0.4, 0.5) is 11.6 Å². The van der Waals surface area contributed by atoms with E-state index in [1.807, 2.05) is 67.6 Å². The number of ketones is 1. The van der Waals surface area contributed by atoms with Gasteiger partial charge in [-0.15, -0.1) is 0 Å². The van der Waals surface area contributed by atoms with Crippen LogP contribution in [0.2, 0.25) is 0 Å². The number of rotatable bonds is 8. The third-order valence-corrected chi connectivity index (χ3v) is 5.93. The van der Waals surface area contributed by atoms with Crippen molar-refractivity contribution in [2.45, 2.75) is 45.1 Å². The summed E-state index contributed by atoms with van der Waals surface area (Å²) in [6, 6.07) is 17.6. The van der Waals surface area contributed by atoms with E-state index in [1.165, 1.54) is 6.33 Å². The van der Waals surface area contributed by atoms with Gasteiger partial charge in [-0.1, -0.05) is 49.8 Å². The molecule has 3 aromatic rings. The first-order valence-corrected chi connectivity index (χ1v) is 11.5. The molecule has 0 spiro atoms. The highest BCUT2D eigenvalue weighted by atomic mass is 16.5. The van der Waals surface area contributed by atoms with Gasteiger partial charge in [-0.2, -0.15) is 0 Å². The van der Waals surface area contributed by atoms with E-state index >= 15 is 0 Å². The zero-order valence-corrected chi connectivity index (χ0v) is 18.9. The lowest BCUT2D eigenvalue weighted by atomic mass is 9.83. The maximum Gasteiger partial charge on any atom is 0.158 e. The van der Waals surface area contributed by atoms with Crippen LogP contribution in [0.3, 0.4) is 0 Å². The second-order valence-corrected chi connectivity index (χ2v) is 8.34. The number of nitrogens with one attached hydrogen (secondary N) is 1. The van der Waals surface area contributed by atoms with E-state index in [4.69, 9.17) is 10.5 Å². The lowest BCUT2D eigenvalue weighted by molar-refractivity contribution is -0.119. The SMILES string of the molecule is CC/C=C/C(=O)[C@H]1CCC[C@H](Nc2ncnc(N)c2-c2ccc(Oc3ccccc3)cc2)C1. The van der Waals surface area contributed by atoms with E-state index in [2.05, 4.69) is 15.3 Å². The van der Waals surface area contributed by atoms with Crippen LogP contribution >= 0.6 is 0 Å². The lowest BCUT2D eigenvalue weighted by Crippen LogP contribution is -2.31. The summed E-state index contributed by atoms with van der Waals surface area (Å²) in [6.07, 6.45) is 9.76. The molecule has 2 aromatic carbocycles. The number of hydrogen-bond acceptors (Lipinski definition) is 6. The molecular formula is C27H30N4O2. The fourth-order valence-corrected chi connectivity index (χ4v) is 4.25. The Morgan fingerprint density at radius 3 is 2.61 bits per heavy atom. The van der Waals surface area contributed by atoms with Gasteiger partial charge in [0.25, 0.3) is 0 Å². The Balaban J connectivity index is 1.50. The van der Waals surface area contributed by atoms with Crippen molar-refractivity contribution < 1.29 is 9.53 Å². The minimum absolute atomic E-state index is 0.0519. The van der Waals surface area contributed by atoms with Gasteiger partial charge < -0.3 is 15.8 Å². The van der Waals surface area contributed by atoms with Gasteiger partial charge in [-0.05, 0) is 61.6 Å². The minimum Gasteiger partial charge on any atom is -0.457 e. The van der Waals surface area contributed by atoms with Gasteiger partial charge >= 0.3 is 0 Å². The summed E-state index contributed by atoms with van der Waals surface area (Å²) in [5.41, 5.74) is 7.94. The molecule has 1 aliphatic rings. The van der Waals surface area contributed by atoms with Crippen molar-refractivity contribution in [3.05, 3.63) is 73.1 Å². The van der Waals surface area contributed by atoms with Gasteiger partial charge in [0.15, 0.2) is 5.78 Å². The van der Waals surface area contributed by atoms with Crippen LogP contribution in [-0.4, -0.2) is 21.8 Å². The molecule has 3 N–H and O–H groups in total. The molecule has 6 nitrogen and oxygen atoms in total. The fourth-order valence-electron chi connectivity index (χ4n) is 4.25. The van der Waals surface area contributed by atoms with Gasteiger partial charge in [-0.25, -0.2) is 9.97 Å². The Morgan fingerprint density at radius 1 is 1.09 bits per heavy atom. The van der Waals surface area contributed by atoms with Gasteiger partial charge in [0.05, 0.1) is 5.56 Å². The second-order valence-electron chi connectivity index (χ2n) is 8.34. The molecule has 170 valence electrons. The minimum atomic E-state index is 0.0519. The van der Waals surface area contributed by atoms with E-state index in [-0.39, 0.29) is 17.7 Å². The molecule has 6 heteroatoms. The highest BCUT2D eigenvalue weighted by Crippen LogP contribution is 2.35. The molecule has 1 aromatic heterocycles. The summed E-state index contributed by atoms with van der Waals surface area (Å²) in [5.74, 6) is 2.91. The van der Waals surface area contributed by atoms with Crippen molar-refractivity contribution in [2.24, 2.45) is 5.92 Å². The number of allylic oxidation sites excluding steroid dienone is 2. The second kappa shape index (κ2) is 10.8. The number of nitrogens with zero attached hydrogens (tertiary/aromatic N) is 2. The highest BCUT2D eigenvalue weighted by Gasteiger charge is 2.27. The predicted molar refractivity (Wildman–Crippen MR) is 132 cm³/mol. The number of anilines is 2. The van der Waals surface area contributed by atoms with Crippen LogP contribution in [0.15, 0.2) is 73.1 Å². The van der Waals surface area contributed by atoms with E-state index in [9.17, 15) is 4.79 Å². The van der Waals surface area contributed by atoms with Crippen LogP contribution < -0.4 is 15.8 Å². The third-order valence-electron chi connectivity index (χ3n) is 5.93. The molecule has 1 saturated carbocycles. The van der Waals surface area contributed by atoms with Gasteiger partial charge in [-0.3, -0.25) is 4.79 Å². The van der Waals surface area contributed by atoms with Gasteiger partial charge in [0, 0.05) is 12.0 Å². The smallest absolute Gasteiger partial charge is 0.158 e. The van der Waals surface area contributed by atoms with Gasteiger partial charge in [0.2, 0.25) is 0 Å². The Bertz CT molecular complexity index is 1100. The van der Waals surface area contributed by atoms with Crippen LogP contribution in [0.5, 0.6) is 11.5 Å². The Kier molecular flexibility index (Phi) is 7.35. The number of ether oxygens (including phenoxy) is 1. The molecule has 2 atom stereocenters. The number of hydrogen-bond donors (Lipinski definition) is 2. The van der Waals surface area contributed by atoms with E-state index in [0.717, 1.165) is 54.7 Å². The quantitative estimate of drug-likeness (QED) is 0.414. The van der Waals surface area contributed by atoms with Crippen molar-refractivity contribution >= 4 is 17.4 Å². The van der Waals surface area contributed by atoms with E-state index in [1.54, 1.807) is 6.08 Å². The summed E-state index contributed by atoms with van der Waals surface area (Å²) in [6.45, 7) is 2.04. The molecule has 0 unspecified atom stereocenters. The zero-order valence-electron chi connectivity index (χ0n) is 18.9. The number of nitrogens with two attached hydrogens (primary N) is 1. The number of benzene rings is 2. The zero-order chi connectivity index (χ0) is 23.0. The number of para-hydroxylation sites is 1. The van der Waals surface area contributed by atoms with Crippen molar-refractivity contribution in [2.75, 3.05) is 11.1 Å². The maximum atomic E-state index is 12.5. The molecule has 33 heavy (non-hydrogen) atoms. The molecule has 0 aliphatic heterocycles. The number of nitrogen functional groups attached to an aromatic ring is 1. The molecule has 0 amide bonds. The standard InChI is InChI=1S/C27H30N4O2/c1-2-3-12-24(32)20-8-7-9-21(17-20)31-27-25(26(28)29-18-30-27)19-13-15-23(16-14-19)33-22-10-5-4-6-11-22/h3-6,10-16,18,20-21H,2,7-9,17H2,1H3,(H3,28,29,30,31)/b12-3+/t20-,21-/m0/s1. The average Bonchev–Trinajstić information content (AvgIpc) is 2.84. The lowest BCUT2D eigenvalue weighted by Gasteiger charge is -2.29. The van der Waals surface area contributed by atoms with Crippen molar-refractivity contribution in [3.63, 3.8) is 0 Å². The maximum absolute atomic E-state index is 12.5. The topological polar surface area (TPSA) is 90.1 Å². The first-order chi connectivity index (χ1) is 16.1. The fraction of sp³-hybridized carbons (Fsp3) is 0.296. The highest BCUT2D eigenvalue weighted by molar-refractivity contribution is 5.91. The first-order valence-electron chi connectivity index (χ1n) is 11.5. The monoisotopic (exact) mass is 442 g/mol. The van der Waals surface area contributed by atoms with Crippen LogP contribution in [0, 0.1) is 5.92 Å². The van der Waals surface area contributed by atoms with E-state index < -0.39 is 0 Å². The van der Waals surface area contributed by atoms with Gasteiger partial charge in [0.1, 0.15) is 29.5 Å². The number of carbonyl (C=O) groups is 1. The summed E-state index contributed by atoms with van der Waals surface area (Å²) < 4.78 is 5.90. The summed E-state index contributed by atoms with van der Waals surface area (Å²) >= 11 is 0. The van der Waals surface area contributed by atoms with Crippen molar-refractivity contribution in [1.82, 2.24) is 9.97 Å². The normalized spacial score (nSPS) is 18.2. The molecule has 0 radical (unpaired) electrons. The van der Waals surface area contributed by atoms with Crippen LogP contribution in [0.1, 0.15) is 39.0 Å².